The van der Waals surface area contributed by atoms with Crippen molar-refractivity contribution in [1.29, 1.82) is 0 Å². The van der Waals surface area contributed by atoms with Gasteiger partial charge >= 0.3 is 6.18 Å². The largest absolute Gasteiger partial charge is 0.417 e. The molecular weight excluding hydrogens is 397 g/mol. The van der Waals surface area contributed by atoms with E-state index in [-0.39, 0.29) is 0 Å². The molecule has 0 radical (unpaired) electrons. The van der Waals surface area contributed by atoms with E-state index in [1.54, 1.807) is 11.6 Å². The number of rotatable bonds is 3. The fourth-order valence-electron chi connectivity index (χ4n) is 4.00. The minimum atomic E-state index is -4.42. The Kier molecular flexibility index (Phi) is 4.47. The van der Waals surface area contributed by atoms with E-state index in [9.17, 15) is 13.2 Å². The Morgan fingerprint density at radius 3 is 2.13 bits per heavy atom. The lowest BCUT2D eigenvalue weighted by Gasteiger charge is -2.12. The number of anilines is 1. The van der Waals surface area contributed by atoms with Gasteiger partial charge in [-0.2, -0.15) is 13.2 Å². The van der Waals surface area contributed by atoms with Gasteiger partial charge in [-0.3, -0.25) is 0 Å². The smallest absolute Gasteiger partial charge is 0.388 e. The van der Waals surface area contributed by atoms with Gasteiger partial charge in [0.2, 0.25) is 0 Å². The summed E-state index contributed by atoms with van der Waals surface area (Å²) >= 11 is 0. The number of alkyl halides is 3. The normalized spacial score (nSPS) is 11.9. The number of hydrogen-bond donors (Lipinski definition) is 1. The number of nitrogens with one attached hydrogen (secondary N) is 1. The van der Waals surface area contributed by atoms with E-state index >= 15 is 0 Å². The standard InChI is InChI=1S/C26H19F3N2/c1-30-21-10-12-22(13-11-21)31-16-20(26(27,28)29)15-25(31)19-9-8-18-7-6-17-4-2-3-5-23(17)24(18)14-19/h2-16,30H,1H3. The predicted octanol–water partition coefficient (Wildman–Crippen LogP) is 7.51. The van der Waals surface area contributed by atoms with Gasteiger partial charge in [-0.25, -0.2) is 0 Å². The molecule has 0 saturated heterocycles. The molecule has 154 valence electrons. The summed E-state index contributed by atoms with van der Waals surface area (Å²) in [4.78, 5) is 0. The average Bonchev–Trinajstić information content (AvgIpc) is 3.25. The number of halogens is 3. The van der Waals surface area contributed by atoms with E-state index in [0.717, 1.165) is 39.0 Å². The second-order valence-electron chi connectivity index (χ2n) is 7.50. The van der Waals surface area contributed by atoms with Crippen LogP contribution in [0.4, 0.5) is 18.9 Å². The maximum atomic E-state index is 13.6. The van der Waals surface area contributed by atoms with Crippen LogP contribution in [0.1, 0.15) is 5.56 Å². The lowest BCUT2D eigenvalue weighted by molar-refractivity contribution is -0.137. The monoisotopic (exact) mass is 416 g/mol. The van der Waals surface area contributed by atoms with E-state index in [4.69, 9.17) is 0 Å². The number of hydrogen-bond acceptors (Lipinski definition) is 1. The molecule has 0 amide bonds. The van der Waals surface area contributed by atoms with Gasteiger partial charge in [0.1, 0.15) is 0 Å². The lowest BCUT2D eigenvalue weighted by Crippen LogP contribution is -2.03. The molecule has 5 aromatic rings. The maximum Gasteiger partial charge on any atom is 0.417 e. The molecule has 0 spiro atoms. The Balaban J connectivity index is 1.74. The molecule has 0 unspecified atom stereocenters. The van der Waals surface area contributed by atoms with E-state index in [1.807, 2.05) is 72.8 Å². The summed E-state index contributed by atoms with van der Waals surface area (Å²) in [5.74, 6) is 0. The molecule has 5 heteroatoms. The van der Waals surface area contributed by atoms with Crippen molar-refractivity contribution in [3.63, 3.8) is 0 Å². The Hall–Kier alpha value is -3.73. The van der Waals surface area contributed by atoms with Crippen molar-refractivity contribution in [2.45, 2.75) is 6.18 Å². The fraction of sp³-hybridized carbons (Fsp3) is 0.0769. The molecule has 0 aliphatic heterocycles. The van der Waals surface area contributed by atoms with Gasteiger partial charge in [-0.1, -0.05) is 48.5 Å². The van der Waals surface area contributed by atoms with Gasteiger partial charge in [-0.15, -0.1) is 0 Å². The summed E-state index contributed by atoms with van der Waals surface area (Å²) in [6.45, 7) is 0. The van der Waals surface area contributed by atoms with E-state index in [0.29, 0.717) is 11.4 Å². The molecule has 0 saturated carbocycles. The number of benzene rings is 4. The van der Waals surface area contributed by atoms with E-state index in [1.165, 1.54) is 6.07 Å². The fourth-order valence-corrected chi connectivity index (χ4v) is 4.00. The molecule has 0 atom stereocenters. The summed E-state index contributed by atoms with van der Waals surface area (Å²) in [5, 5.41) is 7.27. The van der Waals surface area contributed by atoms with Crippen molar-refractivity contribution in [3.8, 4) is 16.9 Å². The molecule has 2 nitrogen and oxygen atoms in total. The summed E-state index contributed by atoms with van der Waals surface area (Å²) < 4.78 is 42.3. The van der Waals surface area contributed by atoms with Crippen LogP contribution in [-0.2, 0) is 6.18 Å². The Labute approximate surface area is 177 Å². The highest BCUT2D eigenvalue weighted by Gasteiger charge is 2.33. The third-order valence-corrected chi connectivity index (χ3v) is 5.62. The number of nitrogens with zero attached hydrogens (tertiary/aromatic N) is 1. The second kappa shape index (κ2) is 7.20. The Bertz CT molecular complexity index is 1400. The van der Waals surface area contributed by atoms with Crippen molar-refractivity contribution < 1.29 is 13.2 Å². The minimum Gasteiger partial charge on any atom is -0.388 e. The van der Waals surface area contributed by atoms with Crippen LogP contribution in [0.15, 0.2) is 91.1 Å². The first-order chi connectivity index (χ1) is 14.9. The van der Waals surface area contributed by atoms with Crippen LogP contribution in [0, 0.1) is 0 Å². The van der Waals surface area contributed by atoms with Crippen LogP contribution in [-0.4, -0.2) is 11.6 Å². The zero-order valence-corrected chi connectivity index (χ0v) is 16.7. The molecule has 1 heterocycles. The lowest BCUT2D eigenvalue weighted by atomic mass is 9.99. The molecule has 0 bridgehead atoms. The van der Waals surface area contributed by atoms with E-state index < -0.39 is 11.7 Å². The van der Waals surface area contributed by atoms with Crippen LogP contribution in [0.3, 0.4) is 0 Å². The highest BCUT2D eigenvalue weighted by molar-refractivity contribution is 6.08. The Morgan fingerprint density at radius 2 is 1.42 bits per heavy atom. The SMILES string of the molecule is CNc1ccc(-n2cc(C(F)(F)F)cc2-c2ccc3ccc4ccccc4c3c2)cc1. The van der Waals surface area contributed by atoms with Crippen molar-refractivity contribution >= 4 is 27.2 Å². The van der Waals surface area contributed by atoms with Crippen LogP contribution in [0.2, 0.25) is 0 Å². The average molecular weight is 416 g/mol. The summed E-state index contributed by atoms with van der Waals surface area (Å²) in [5.41, 5.74) is 2.13. The molecule has 0 aliphatic rings. The highest BCUT2D eigenvalue weighted by Crippen LogP contribution is 2.37. The molecular formula is C26H19F3N2. The van der Waals surface area contributed by atoms with E-state index in [2.05, 4.69) is 11.4 Å². The molecule has 1 aromatic heterocycles. The van der Waals surface area contributed by atoms with Crippen LogP contribution < -0.4 is 5.32 Å². The van der Waals surface area contributed by atoms with Crippen molar-refractivity contribution in [3.05, 3.63) is 96.7 Å². The van der Waals surface area contributed by atoms with Crippen molar-refractivity contribution in [2.75, 3.05) is 12.4 Å². The number of fused-ring (bicyclic) bond motifs is 3. The molecule has 0 fully saturated rings. The first-order valence-electron chi connectivity index (χ1n) is 9.94. The highest BCUT2D eigenvalue weighted by atomic mass is 19.4. The second-order valence-corrected chi connectivity index (χ2v) is 7.50. The zero-order valence-electron chi connectivity index (χ0n) is 16.7. The van der Waals surface area contributed by atoms with Crippen molar-refractivity contribution in [1.82, 2.24) is 4.57 Å². The maximum absolute atomic E-state index is 13.6. The summed E-state index contributed by atoms with van der Waals surface area (Å²) in [6.07, 6.45) is -3.26. The summed E-state index contributed by atoms with van der Waals surface area (Å²) in [7, 11) is 1.80. The molecule has 1 N–H and O–H groups in total. The molecule has 5 rings (SSSR count). The topological polar surface area (TPSA) is 17.0 Å². The third kappa shape index (κ3) is 3.42. The minimum absolute atomic E-state index is 0.499. The van der Waals surface area contributed by atoms with Crippen LogP contribution >= 0.6 is 0 Å². The number of aromatic nitrogens is 1. The van der Waals surface area contributed by atoms with Crippen LogP contribution in [0.25, 0.3) is 38.5 Å². The molecule has 0 aliphatic carbocycles. The van der Waals surface area contributed by atoms with Gasteiger partial charge in [0.15, 0.2) is 0 Å². The predicted molar refractivity (Wildman–Crippen MR) is 121 cm³/mol. The van der Waals surface area contributed by atoms with Gasteiger partial charge in [0, 0.05) is 24.6 Å². The van der Waals surface area contributed by atoms with Gasteiger partial charge in [0.05, 0.1) is 11.3 Å². The van der Waals surface area contributed by atoms with Gasteiger partial charge in [-0.05, 0) is 63.5 Å². The van der Waals surface area contributed by atoms with Crippen molar-refractivity contribution in [2.24, 2.45) is 0 Å². The first-order valence-corrected chi connectivity index (χ1v) is 9.94. The van der Waals surface area contributed by atoms with Crippen LogP contribution in [0.5, 0.6) is 0 Å². The quantitative estimate of drug-likeness (QED) is 0.301. The third-order valence-electron chi connectivity index (χ3n) is 5.62. The van der Waals surface area contributed by atoms with Gasteiger partial charge in [0.25, 0.3) is 0 Å². The molecule has 4 aromatic carbocycles. The zero-order chi connectivity index (χ0) is 21.6. The first kappa shape index (κ1) is 19.2. The molecule has 31 heavy (non-hydrogen) atoms. The van der Waals surface area contributed by atoms with Gasteiger partial charge < -0.3 is 9.88 Å². The Morgan fingerprint density at radius 1 is 0.742 bits per heavy atom. The summed E-state index contributed by atoms with van der Waals surface area (Å²) in [6, 6.07) is 26.5.